The molecule has 0 spiro atoms. The maximum atomic E-state index is 12.3. The SMILES string of the molecule is CCOc1ccc(N2C[C@@H](C(=O)OCC(=O)NC(=O)c3ccco3)CC2=O)cc1. The molecule has 1 N–H and O–H groups in total. The minimum Gasteiger partial charge on any atom is -0.494 e. The first kappa shape index (κ1) is 20.1. The van der Waals surface area contributed by atoms with Crippen LogP contribution in [0.25, 0.3) is 0 Å². The molecule has 0 unspecified atom stereocenters. The molecule has 0 aliphatic carbocycles. The van der Waals surface area contributed by atoms with E-state index in [9.17, 15) is 19.2 Å². The number of esters is 1. The third kappa shape index (κ3) is 5.01. The zero-order valence-corrected chi connectivity index (χ0v) is 15.8. The molecule has 2 aromatic rings. The fraction of sp³-hybridized carbons (Fsp3) is 0.300. The van der Waals surface area contributed by atoms with Crippen molar-refractivity contribution in [2.75, 3.05) is 24.7 Å². The normalized spacial score (nSPS) is 15.8. The van der Waals surface area contributed by atoms with Crippen molar-refractivity contribution in [3.63, 3.8) is 0 Å². The minimum atomic E-state index is -0.785. The Bertz CT molecular complexity index is 890. The number of carbonyl (C=O) groups excluding carboxylic acids is 4. The number of carbonyl (C=O) groups is 4. The van der Waals surface area contributed by atoms with E-state index in [4.69, 9.17) is 13.9 Å². The number of hydrogen-bond acceptors (Lipinski definition) is 7. The number of hydrogen-bond donors (Lipinski definition) is 1. The van der Waals surface area contributed by atoms with Crippen molar-refractivity contribution in [2.24, 2.45) is 5.92 Å². The Morgan fingerprint density at radius 2 is 1.97 bits per heavy atom. The van der Waals surface area contributed by atoms with Crippen molar-refractivity contribution < 1.29 is 33.1 Å². The molecule has 29 heavy (non-hydrogen) atoms. The van der Waals surface area contributed by atoms with Crippen LogP contribution < -0.4 is 15.0 Å². The van der Waals surface area contributed by atoms with Gasteiger partial charge in [0.25, 0.3) is 11.8 Å². The van der Waals surface area contributed by atoms with Gasteiger partial charge in [0.1, 0.15) is 5.75 Å². The molecular weight excluding hydrogens is 380 g/mol. The second-order valence-corrected chi connectivity index (χ2v) is 6.29. The number of rotatable bonds is 7. The predicted octanol–water partition coefficient (Wildman–Crippen LogP) is 1.53. The molecule has 1 aromatic carbocycles. The molecule has 152 valence electrons. The van der Waals surface area contributed by atoms with Crippen LogP contribution in [0.3, 0.4) is 0 Å². The number of amides is 3. The number of ether oxygens (including phenoxy) is 2. The molecular formula is C20H20N2O7. The summed E-state index contributed by atoms with van der Waals surface area (Å²) in [4.78, 5) is 49.4. The van der Waals surface area contributed by atoms with Gasteiger partial charge in [-0.1, -0.05) is 0 Å². The molecule has 0 radical (unpaired) electrons. The molecule has 2 heterocycles. The Labute approximate surface area is 166 Å². The largest absolute Gasteiger partial charge is 0.494 e. The monoisotopic (exact) mass is 400 g/mol. The van der Waals surface area contributed by atoms with Gasteiger partial charge in [0, 0.05) is 18.7 Å². The molecule has 9 nitrogen and oxygen atoms in total. The Hall–Kier alpha value is -3.62. The standard InChI is InChI=1S/C20H20N2O7/c1-2-27-15-7-5-14(6-8-15)22-11-13(10-18(22)24)20(26)29-12-17(23)21-19(25)16-4-3-9-28-16/h3-9,13H,2,10-12H2,1H3,(H,21,23,25)/t13-/m0/s1. The molecule has 9 heteroatoms. The Morgan fingerprint density at radius 1 is 1.21 bits per heavy atom. The lowest BCUT2D eigenvalue weighted by Crippen LogP contribution is -2.35. The third-order valence-corrected chi connectivity index (χ3v) is 4.26. The van der Waals surface area contributed by atoms with Gasteiger partial charge < -0.3 is 18.8 Å². The first-order chi connectivity index (χ1) is 14.0. The van der Waals surface area contributed by atoms with Crippen molar-refractivity contribution >= 4 is 29.4 Å². The number of nitrogens with one attached hydrogen (secondary N) is 1. The van der Waals surface area contributed by atoms with E-state index >= 15 is 0 Å². The van der Waals surface area contributed by atoms with Crippen LogP contribution in [0.2, 0.25) is 0 Å². The van der Waals surface area contributed by atoms with Crippen molar-refractivity contribution in [2.45, 2.75) is 13.3 Å². The highest BCUT2D eigenvalue weighted by molar-refractivity contribution is 6.04. The van der Waals surface area contributed by atoms with E-state index in [1.54, 1.807) is 24.3 Å². The van der Waals surface area contributed by atoms with E-state index in [0.717, 1.165) is 0 Å². The smallest absolute Gasteiger partial charge is 0.311 e. The number of furan rings is 1. The molecule has 0 saturated carbocycles. The van der Waals surface area contributed by atoms with Crippen molar-refractivity contribution in [3.05, 3.63) is 48.4 Å². The van der Waals surface area contributed by atoms with E-state index in [1.165, 1.54) is 23.3 Å². The van der Waals surface area contributed by atoms with E-state index in [-0.39, 0.29) is 24.6 Å². The summed E-state index contributed by atoms with van der Waals surface area (Å²) in [6.07, 6.45) is 1.28. The van der Waals surface area contributed by atoms with Gasteiger partial charge in [-0.05, 0) is 43.3 Å². The molecule has 0 bridgehead atoms. The van der Waals surface area contributed by atoms with Crippen molar-refractivity contribution in [1.82, 2.24) is 5.32 Å². The van der Waals surface area contributed by atoms with Gasteiger partial charge in [-0.15, -0.1) is 0 Å². The lowest BCUT2D eigenvalue weighted by molar-refractivity contribution is -0.152. The van der Waals surface area contributed by atoms with E-state index in [0.29, 0.717) is 18.0 Å². The van der Waals surface area contributed by atoms with Crippen LogP contribution in [0.4, 0.5) is 5.69 Å². The summed E-state index contributed by atoms with van der Waals surface area (Å²) in [7, 11) is 0. The summed E-state index contributed by atoms with van der Waals surface area (Å²) in [5, 5.41) is 2.05. The van der Waals surface area contributed by atoms with E-state index < -0.39 is 30.3 Å². The average molecular weight is 400 g/mol. The highest BCUT2D eigenvalue weighted by atomic mass is 16.5. The number of imide groups is 1. The third-order valence-electron chi connectivity index (χ3n) is 4.26. The second kappa shape index (κ2) is 9.05. The van der Waals surface area contributed by atoms with Gasteiger partial charge in [0.2, 0.25) is 5.91 Å². The first-order valence-electron chi connectivity index (χ1n) is 9.05. The van der Waals surface area contributed by atoms with Crippen LogP contribution in [0.1, 0.15) is 23.9 Å². The average Bonchev–Trinajstić information content (AvgIpc) is 3.37. The highest BCUT2D eigenvalue weighted by Gasteiger charge is 2.36. The van der Waals surface area contributed by atoms with Crippen LogP contribution in [-0.4, -0.2) is 43.4 Å². The lowest BCUT2D eigenvalue weighted by Gasteiger charge is -2.17. The molecule has 3 rings (SSSR count). The molecule has 3 amide bonds. The van der Waals surface area contributed by atoms with Gasteiger partial charge in [0.05, 0.1) is 18.8 Å². The lowest BCUT2D eigenvalue weighted by atomic mass is 10.1. The van der Waals surface area contributed by atoms with Crippen molar-refractivity contribution in [3.8, 4) is 5.75 Å². The molecule has 1 fully saturated rings. The van der Waals surface area contributed by atoms with Crippen molar-refractivity contribution in [1.29, 1.82) is 0 Å². The van der Waals surface area contributed by atoms with Crippen LogP contribution in [-0.2, 0) is 19.1 Å². The van der Waals surface area contributed by atoms with Gasteiger partial charge in [0.15, 0.2) is 12.4 Å². The van der Waals surface area contributed by atoms with Crippen LogP contribution in [0.15, 0.2) is 47.1 Å². The second-order valence-electron chi connectivity index (χ2n) is 6.29. The topological polar surface area (TPSA) is 115 Å². The van der Waals surface area contributed by atoms with E-state index in [2.05, 4.69) is 0 Å². The van der Waals surface area contributed by atoms with E-state index in [1.807, 2.05) is 12.2 Å². The Balaban J connectivity index is 1.49. The van der Waals surface area contributed by atoms with Gasteiger partial charge in [-0.2, -0.15) is 0 Å². The fourth-order valence-corrected chi connectivity index (χ4v) is 2.89. The number of benzene rings is 1. The summed E-state index contributed by atoms with van der Waals surface area (Å²) in [5.74, 6) is -2.43. The zero-order valence-electron chi connectivity index (χ0n) is 15.8. The molecule has 1 aliphatic heterocycles. The summed E-state index contributed by atoms with van der Waals surface area (Å²) < 4.78 is 15.2. The molecule has 1 atom stereocenters. The van der Waals surface area contributed by atoms with Gasteiger partial charge in [-0.3, -0.25) is 24.5 Å². The zero-order chi connectivity index (χ0) is 20.8. The summed E-state index contributed by atoms with van der Waals surface area (Å²) in [6, 6.07) is 9.88. The summed E-state index contributed by atoms with van der Waals surface area (Å²) in [5.41, 5.74) is 0.649. The quantitative estimate of drug-likeness (QED) is 0.701. The highest BCUT2D eigenvalue weighted by Crippen LogP contribution is 2.27. The van der Waals surface area contributed by atoms with Gasteiger partial charge in [-0.25, -0.2) is 0 Å². The maximum absolute atomic E-state index is 12.3. The minimum absolute atomic E-state index is 0.0149. The molecule has 1 aliphatic rings. The van der Waals surface area contributed by atoms with Crippen LogP contribution >= 0.6 is 0 Å². The first-order valence-corrected chi connectivity index (χ1v) is 9.05. The number of anilines is 1. The fourth-order valence-electron chi connectivity index (χ4n) is 2.89. The summed E-state index contributed by atoms with van der Waals surface area (Å²) >= 11 is 0. The van der Waals surface area contributed by atoms with Crippen LogP contribution in [0, 0.1) is 5.92 Å². The molecule has 1 saturated heterocycles. The Morgan fingerprint density at radius 3 is 2.62 bits per heavy atom. The van der Waals surface area contributed by atoms with Crippen LogP contribution in [0.5, 0.6) is 5.75 Å². The molecule has 1 aromatic heterocycles. The summed E-state index contributed by atoms with van der Waals surface area (Å²) in [6.45, 7) is 1.94. The predicted molar refractivity (Wildman–Crippen MR) is 100 cm³/mol. The number of nitrogens with zero attached hydrogens (tertiary/aromatic N) is 1. The maximum Gasteiger partial charge on any atom is 0.311 e. The van der Waals surface area contributed by atoms with Gasteiger partial charge >= 0.3 is 5.97 Å². The Kier molecular flexibility index (Phi) is 6.28.